The molecule has 2 N–H and O–H groups in total. The molecule has 0 saturated carbocycles. The third-order valence-electron chi connectivity index (χ3n) is 2.29. The van der Waals surface area contributed by atoms with Gasteiger partial charge in [-0.05, 0) is 46.3 Å². The Balaban J connectivity index is 2.17. The van der Waals surface area contributed by atoms with Gasteiger partial charge in [-0.2, -0.15) is 0 Å². The number of benzene rings is 1. The summed E-state index contributed by atoms with van der Waals surface area (Å²) in [5.74, 6) is 0.231. The smallest absolute Gasteiger partial charge is 0.145 e. The summed E-state index contributed by atoms with van der Waals surface area (Å²) in [5.41, 5.74) is 5.68. The zero-order chi connectivity index (χ0) is 13.1. The van der Waals surface area contributed by atoms with Crippen molar-refractivity contribution in [2.75, 3.05) is 6.54 Å². The van der Waals surface area contributed by atoms with Gasteiger partial charge in [-0.3, -0.25) is 0 Å². The van der Waals surface area contributed by atoms with Crippen LogP contribution in [-0.2, 0) is 0 Å². The van der Waals surface area contributed by atoms with E-state index in [9.17, 15) is 4.39 Å². The second-order valence-corrected chi connectivity index (χ2v) is 6.16. The fourth-order valence-electron chi connectivity index (χ4n) is 1.44. The van der Waals surface area contributed by atoms with E-state index in [0.717, 1.165) is 4.88 Å². The van der Waals surface area contributed by atoms with Crippen LogP contribution in [0.25, 0.3) is 0 Å². The molecule has 0 bridgehead atoms. The summed E-state index contributed by atoms with van der Waals surface area (Å²) < 4.78 is 19.9. The summed E-state index contributed by atoms with van der Waals surface area (Å²) in [6, 6.07) is 8.16. The summed E-state index contributed by atoms with van der Waals surface area (Å²) in [7, 11) is 0. The number of ether oxygens (including phenoxy) is 1. The number of halogens is 3. The van der Waals surface area contributed by atoms with E-state index < -0.39 is 0 Å². The van der Waals surface area contributed by atoms with E-state index >= 15 is 0 Å². The van der Waals surface area contributed by atoms with E-state index in [1.54, 1.807) is 18.2 Å². The van der Waals surface area contributed by atoms with E-state index in [0.29, 0.717) is 21.1 Å². The molecular formula is C12H10BrClFNOS. The monoisotopic (exact) mass is 349 g/mol. The van der Waals surface area contributed by atoms with Gasteiger partial charge in [-0.25, -0.2) is 4.39 Å². The predicted octanol–water partition coefficient (Wildman–Crippen LogP) is 4.38. The largest absolute Gasteiger partial charge is 0.484 e. The molecule has 1 unspecified atom stereocenters. The van der Waals surface area contributed by atoms with Crippen molar-refractivity contribution in [1.82, 2.24) is 0 Å². The third-order valence-corrected chi connectivity index (χ3v) is 4.23. The van der Waals surface area contributed by atoms with Crippen LogP contribution in [0.3, 0.4) is 0 Å². The van der Waals surface area contributed by atoms with Gasteiger partial charge < -0.3 is 10.5 Å². The summed E-state index contributed by atoms with van der Waals surface area (Å²) in [6.45, 7) is 0.325. The summed E-state index contributed by atoms with van der Waals surface area (Å²) in [5, 5.41) is 0. The number of thiophene rings is 1. The molecule has 0 aliphatic rings. The van der Waals surface area contributed by atoms with Gasteiger partial charge in [-0.1, -0.05) is 11.6 Å². The zero-order valence-electron chi connectivity index (χ0n) is 9.20. The van der Waals surface area contributed by atoms with E-state index in [1.165, 1.54) is 17.4 Å². The molecule has 0 spiro atoms. The highest BCUT2D eigenvalue weighted by molar-refractivity contribution is 9.10. The van der Waals surface area contributed by atoms with Crippen molar-refractivity contribution in [1.29, 1.82) is 0 Å². The molecule has 0 aliphatic heterocycles. The van der Waals surface area contributed by atoms with Gasteiger partial charge in [0.05, 0.1) is 8.81 Å². The molecule has 0 saturated heterocycles. The molecule has 2 nitrogen and oxygen atoms in total. The third kappa shape index (κ3) is 3.23. The number of hydrogen-bond donors (Lipinski definition) is 1. The highest BCUT2D eigenvalue weighted by Gasteiger charge is 2.14. The molecule has 0 radical (unpaired) electrons. The highest BCUT2D eigenvalue weighted by atomic mass is 79.9. The first-order chi connectivity index (χ1) is 8.60. The van der Waals surface area contributed by atoms with E-state index in [-0.39, 0.29) is 11.9 Å². The lowest BCUT2D eigenvalue weighted by Crippen LogP contribution is -2.17. The maximum atomic E-state index is 13.1. The molecule has 18 heavy (non-hydrogen) atoms. The molecular weight excluding hydrogens is 341 g/mol. The molecule has 2 aromatic rings. The van der Waals surface area contributed by atoms with Gasteiger partial charge in [0.15, 0.2) is 0 Å². The van der Waals surface area contributed by atoms with Crippen molar-refractivity contribution in [3.8, 4) is 5.75 Å². The lowest BCUT2D eigenvalue weighted by Gasteiger charge is -2.16. The van der Waals surface area contributed by atoms with E-state index in [4.69, 9.17) is 22.1 Å². The second-order valence-electron chi connectivity index (χ2n) is 3.56. The van der Waals surface area contributed by atoms with Crippen LogP contribution in [-0.4, -0.2) is 6.54 Å². The van der Waals surface area contributed by atoms with Gasteiger partial charge in [-0.15, -0.1) is 11.3 Å². The van der Waals surface area contributed by atoms with Gasteiger partial charge in [0, 0.05) is 11.4 Å². The van der Waals surface area contributed by atoms with Crippen LogP contribution in [0, 0.1) is 5.82 Å². The minimum Gasteiger partial charge on any atom is -0.484 e. The van der Waals surface area contributed by atoms with Gasteiger partial charge in [0.1, 0.15) is 17.7 Å². The summed E-state index contributed by atoms with van der Waals surface area (Å²) >= 11 is 10.4. The van der Waals surface area contributed by atoms with Crippen molar-refractivity contribution < 1.29 is 9.13 Å². The maximum Gasteiger partial charge on any atom is 0.145 e. The van der Waals surface area contributed by atoms with Crippen LogP contribution in [0.2, 0.25) is 4.34 Å². The van der Waals surface area contributed by atoms with Gasteiger partial charge in [0.25, 0.3) is 0 Å². The van der Waals surface area contributed by atoms with Gasteiger partial charge >= 0.3 is 0 Å². The van der Waals surface area contributed by atoms with Crippen LogP contribution < -0.4 is 10.5 Å². The van der Waals surface area contributed by atoms with Crippen LogP contribution in [0.4, 0.5) is 4.39 Å². The van der Waals surface area contributed by atoms with Gasteiger partial charge in [0.2, 0.25) is 0 Å². The normalized spacial score (nSPS) is 12.4. The number of nitrogens with two attached hydrogens (primary N) is 1. The topological polar surface area (TPSA) is 35.2 Å². The zero-order valence-corrected chi connectivity index (χ0v) is 12.4. The molecule has 2 rings (SSSR count). The first-order valence-corrected chi connectivity index (χ1v) is 7.16. The number of hydrogen-bond acceptors (Lipinski definition) is 3. The van der Waals surface area contributed by atoms with Crippen molar-refractivity contribution in [3.63, 3.8) is 0 Å². The lowest BCUT2D eigenvalue weighted by atomic mass is 10.3. The molecule has 1 heterocycles. The Kier molecular flexibility index (Phi) is 4.61. The average molecular weight is 351 g/mol. The minimum atomic E-state index is -0.328. The van der Waals surface area contributed by atoms with Crippen molar-refractivity contribution in [3.05, 3.63) is 49.8 Å². The molecule has 1 aromatic heterocycles. The Hall–Kier alpha value is -0.620. The van der Waals surface area contributed by atoms with Crippen LogP contribution in [0.15, 0.2) is 34.8 Å². The molecule has 0 aliphatic carbocycles. The fraction of sp³-hybridized carbons (Fsp3) is 0.167. The highest BCUT2D eigenvalue weighted by Crippen LogP contribution is 2.31. The van der Waals surface area contributed by atoms with Crippen molar-refractivity contribution >= 4 is 38.9 Å². The summed E-state index contributed by atoms with van der Waals surface area (Å²) in [6.07, 6.45) is -0.278. The number of rotatable bonds is 4. The first kappa shape index (κ1) is 13.8. The first-order valence-electron chi connectivity index (χ1n) is 5.17. The Morgan fingerprint density at radius 1 is 1.39 bits per heavy atom. The maximum absolute atomic E-state index is 13.1. The SMILES string of the molecule is NCC(Oc1ccc(F)c(Br)c1)c1ccc(Cl)s1. The molecule has 6 heteroatoms. The lowest BCUT2D eigenvalue weighted by molar-refractivity contribution is 0.217. The molecule has 96 valence electrons. The Bertz CT molecular complexity index is 549. The Labute approximate surface area is 122 Å². The molecule has 1 aromatic carbocycles. The molecule has 0 amide bonds. The Morgan fingerprint density at radius 2 is 2.17 bits per heavy atom. The van der Waals surface area contributed by atoms with E-state index in [1.807, 2.05) is 6.07 Å². The van der Waals surface area contributed by atoms with Crippen molar-refractivity contribution in [2.45, 2.75) is 6.10 Å². The Morgan fingerprint density at radius 3 is 2.72 bits per heavy atom. The van der Waals surface area contributed by atoms with Crippen molar-refractivity contribution in [2.24, 2.45) is 5.73 Å². The van der Waals surface area contributed by atoms with Crippen LogP contribution in [0.1, 0.15) is 11.0 Å². The molecule has 0 fully saturated rings. The standard InChI is InChI=1S/C12H10BrClFNOS/c13-8-5-7(1-2-9(8)15)17-10(6-16)11-3-4-12(14)18-11/h1-5,10H,6,16H2. The molecule has 1 atom stereocenters. The minimum absolute atomic E-state index is 0.278. The quantitative estimate of drug-likeness (QED) is 0.888. The van der Waals surface area contributed by atoms with Crippen LogP contribution in [0.5, 0.6) is 5.75 Å². The van der Waals surface area contributed by atoms with Crippen LogP contribution >= 0.6 is 38.9 Å². The predicted molar refractivity (Wildman–Crippen MR) is 75.9 cm³/mol. The average Bonchev–Trinajstić information content (AvgIpc) is 2.77. The van der Waals surface area contributed by atoms with E-state index in [2.05, 4.69) is 15.9 Å². The fourth-order valence-corrected chi connectivity index (χ4v) is 2.90. The summed E-state index contributed by atoms with van der Waals surface area (Å²) in [4.78, 5) is 0.947. The second kappa shape index (κ2) is 6.02.